The summed E-state index contributed by atoms with van der Waals surface area (Å²) in [6, 6.07) is 5.50. The third kappa shape index (κ3) is 2.19. The molecular formula is C17H25N3. The van der Waals surface area contributed by atoms with Gasteiger partial charge in [-0.15, -0.1) is 0 Å². The quantitative estimate of drug-likeness (QED) is 0.897. The van der Waals surface area contributed by atoms with Crippen LogP contribution in [0.3, 0.4) is 0 Å². The molecule has 1 aliphatic heterocycles. The van der Waals surface area contributed by atoms with Gasteiger partial charge in [0.2, 0.25) is 0 Å². The van der Waals surface area contributed by atoms with E-state index in [9.17, 15) is 0 Å². The molecule has 1 aromatic carbocycles. The number of nitrogens with zero attached hydrogens (tertiary/aromatic N) is 2. The summed E-state index contributed by atoms with van der Waals surface area (Å²) in [5, 5.41) is 0. The van der Waals surface area contributed by atoms with Crippen molar-refractivity contribution in [3.8, 4) is 0 Å². The molecule has 3 heteroatoms. The molecule has 1 fully saturated rings. The predicted octanol–water partition coefficient (Wildman–Crippen LogP) is 3.23. The largest absolute Gasteiger partial charge is 0.370 e. The standard InChI is InChI=1S/C17H25N3/c1-11-8-12(2)16(13(3)9-11)15-10-19-17(18)20(15)14-6-4-5-7-14/h8-9,14-15H,4-7,10H2,1-3H3,(H2,18,19). The fourth-order valence-corrected chi connectivity index (χ4v) is 4.08. The van der Waals surface area contributed by atoms with E-state index in [1.807, 2.05) is 0 Å². The van der Waals surface area contributed by atoms with Crippen molar-refractivity contribution in [1.82, 2.24) is 4.90 Å². The lowest BCUT2D eigenvalue weighted by Gasteiger charge is -2.34. The Morgan fingerprint density at radius 3 is 2.30 bits per heavy atom. The number of aryl methyl sites for hydroxylation is 3. The van der Waals surface area contributed by atoms with Crippen molar-refractivity contribution < 1.29 is 0 Å². The van der Waals surface area contributed by atoms with Crippen LogP contribution in [0.4, 0.5) is 0 Å². The smallest absolute Gasteiger partial charge is 0.192 e. The van der Waals surface area contributed by atoms with Crippen molar-refractivity contribution >= 4 is 5.96 Å². The highest BCUT2D eigenvalue weighted by Crippen LogP contribution is 2.36. The van der Waals surface area contributed by atoms with E-state index in [4.69, 9.17) is 5.73 Å². The minimum Gasteiger partial charge on any atom is -0.370 e. The average molecular weight is 271 g/mol. The van der Waals surface area contributed by atoms with Crippen LogP contribution in [0.5, 0.6) is 0 Å². The molecule has 0 aromatic heterocycles. The molecule has 20 heavy (non-hydrogen) atoms. The lowest BCUT2D eigenvalue weighted by Crippen LogP contribution is -2.42. The summed E-state index contributed by atoms with van der Waals surface area (Å²) in [5.41, 5.74) is 11.7. The van der Waals surface area contributed by atoms with Gasteiger partial charge in [-0.3, -0.25) is 4.99 Å². The van der Waals surface area contributed by atoms with Crippen LogP contribution in [0.25, 0.3) is 0 Å². The molecule has 108 valence electrons. The average Bonchev–Trinajstić information content (AvgIpc) is 2.97. The van der Waals surface area contributed by atoms with Crippen LogP contribution in [0.15, 0.2) is 17.1 Å². The number of aliphatic imine (C=N–C) groups is 1. The topological polar surface area (TPSA) is 41.6 Å². The van der Waals surface area contributed by atoms with Crippen molar-refractivity contribution in [1.29, 1.82) is 0 Å². The fraction of sp³-hybridized carbons (Fsp3) is 0.588. The molecule has 1 saturated carbocycles. The van der Waals surface area contributed by atoms with Gasteiger partial charge in [0.05, 0.1) is 12.6 Å². The molecular weight excluding hydrogens is 246 g/mol. The Hall–Kier alpha value is -1.51. The van der Waals surface area contributed by atoms with E-state index in [1.54, 1.807) is 0 Å². The lowest BCUT2D eigenvalue weighted by molar-refractivity contribution is 0.261. The molecule has 0 amide bonds. The van der Waals surface area contributed by atoms with Crippen LogP contribution in [-0.2, 0) is 0 Å². The summed E-state index contributed by atoms with van der Waals surface area (Å²) in [5.74, 6) is 0.751. The van der Waals surface area contributed by atoms with Crippen LogP contribution in [0.2, 0.25) is 0 Å². The SMILES string of the molecule is Cc1cc(C)c(C2CN=C(N)N2C2CCCC2)c(C)c1. The summed E-state index contributed by atoms with van der Waals surface area (Å²) in [6.07, 6.45) is 5.17. The molecule has 3 nitrogen and oxygen atoms in total. The Kier molecular flexibility index (Phi) is 3.45. The normalized spacial score (nSPS) is 23.4. The molecule has 0 spiro atoms. The maximum absolute atomic E-state index is 6.19. The summed E-state index contributed by atoms with van der Waals surface area (Å²) in [4.78, 5) is 6.95. The number of guanidine groups is 1. The molecule has 3 rings (SSSR count). The number of hydrogen-bond acceptors (Lipinski definition) is 3. The second-order valence-corrected chi connectivity index (χ2v) is 6.37. The number of benzene rings is 1. The maximum atomic E-state index is 6.19. The Bertz CT molecular complexity index is 518. The van der Waals surface area contributed by atoms with E-state index in [2.05, 4.69) is 42.8 Å². The zero-order valence-corrected chi connectivity index (χ0v) is 12.8. The van der Waals surface area contributed by atoms with E-state index in [0.717, 1.165) is 12.5 Å². The first-order chi connectivity index (χ1) is 9.58. The Balaban J connectivity index is 1.97. The van der Waals surface area contributed by atoms with Crippen LogP contribution < -0.4 is 5.73 Å². The highest BCUT2D eigenvalue weighted by Gasteiger charge is 2.35. The van der Waals surface area contributed by atoms with E-state index in [0.29, 0.717) is 12.1 Å². The van der Waals surface area contributed by atoms with Crippen molar-refractivity contribution in [2.75, 3.05) is 6.54 Å². The van der Waals surface area contributed by atoms with Gasteiger partial charge < -0.3 is 10.6 Å². The van der Waals surface area contributed by atoms with Gasteiger partial charge in [-0.05, 0) is 50.3 Å². The zero-order valence-electron chi connectivity index (χ0n) is 12.8. The van der Waals surface area contributed by atoms with Gasteiger partial charge in [0.15, 0.2) is 5.96 Å². The van der Waals surface area contributed by atoms with Gasteiger partial charge in [0.1, 0.15) is 0 Å². The molecule has 1 heterocycles. The Labute approximate surface area is 121 Å². The number of nitrogens with two attached hydrogens (primary N) is 1. The first-order valence-electron chi connectivity index (χ1n) is 7.74. The molecule has 1 aromatic rings. The zero-order chi connectivity index (χ0) is 14.3. The van der Waals surface area contributed by atoms with E-state index < -0.39 is 0 Å². The van der Waals surface area contributed by atoms with Crippen LogP contribution in [0, 0.1) is 20.8 Å². The molecule has 1 unspecified atom stereocenters. The van der Waals surface area contributed by atoms with Gasteiger partial charge in [0.25, 0.3) is 0 Å². The van der Waals surface area contributed by atoms with Crippen LogP contribution in [-0.4, -0.2) is 23.4 Å². The molecule has 1 atom stereocenters. The molecule has 1 aliphatic carbocycles. The Morgan fingerprint density at radius 2 is 1.70 bits per heavy atom. The predicted molar refractivity (Wildman–Crippen MR) is 84.0 cm³/mol. The minimum atomic E-state index is 0.346. The number of hydrogen-bond donors (Lipinski definition) is 1. The third-order valence-electron chi connectivity index (χ3n) is 4.82. The van der Waals surface area contributed by atoms with Crippen molar-refractivity contribution in [3.63, 3.8) is 0 Å². The van der Waals surface area contributed by atoms with Gasteiger partial charge in [-0.2, -0.15) is 0 Å². The van der Waals surface area contributed by atoms with Crippen LogP contribution >= 0.6 is 0 Å². The summed E-state index contributed by atoms with van der Waals surface area (Å²) in [6.45, 7) is 7.42. The highest BCUT2D eigenvalue weighted by atomic mass is 15.3. The van der Waals surface area contributed by atoms with E-state index >= 15 is 0 Å². The second-order valence-electron chi connectivity index (χ2n) is 6.37. The number of rotatable bonds is 2. The van der Waals surface area contributed by atoms with E-state index in [-0.39, 0.29) is 0 Å². The fourth-order valence-electron chi connectivity index (χ4n) is 4.08. The summed E-state index contributed by atoms with van der Waals surface area (Å²) in [7, 11) is 0. The monoisotopic (exact) mass is 271 g/mol. The highest BCUT2D eigenvalue weighted by molar-refractivity contribution is 5.81. The van der Waals surface area contributed by atoms with E-state index in [1.165, 1.54) is 47.9 Å². The third-order valence-corrected chi connectivity index (χ3v) is 4.82. The summed E-state index contributed by atoms with van der Waals surface area (Å²) >= 11 is 0. The minimum absolute atomic E-state index is 0.346. The van der Waals surface area contributed by atoms with Crippen molar-refractivity contribution in [3.05, 3.63) is 34.4 Å². The Morgan fingerprint density at radius 1 is 1.10 bits per heavy atom. The van der Waals surface area contributed by atoms with Gasteiger partial charge in [-0.25, -0.2) is 0 Å². The first kappa shape index (κ1) is 13.5. The van der Waals surface area contributed by atoms with Gasteiger partial charge in [-0.1, -0.05) is 30.5 Å². The van der Waals surface area contributed by atoms with Gasteiger partial charge >= 0.3 is 0 Å². The molecule has 2 aliphatic rings. The molecule has 0 radical (unpaired) electrons. The molecule has 0 bridgehead atoms. The molecule has 2 N–H and O–H groups in total. The lowest BCUT2D eigenvalue weighted by atomic mass is 9.93. The summed E-state index contributed by atoms with van der Waals surface area (Å²) < 4.78 is 0. The molecule has 0 saturated heterocycles. The second kappa shape index (κ2) is 5.12. The first-order valence-corrected chi connectivity index (χ1v) is 7.74. The van der Waals surface area contributed by atoms with Crippen molar-refractivity contribution in [2.45, 2.75) is 58.5 Å². The maximum Gasteiger partial charge on any atom is 0.192 e. The van der Waals surface area contributed by atoms with Gasteiger partial charge in [0, 0.05) is 6.04 Å². The van der Waals surface area contributed by atoms with Crippen LogP contribution in [0.1, 0.15) is 54.0 Å². The van der Waals surface area contributed by atoms with Crippen molar-refractivity contribution in [2.24, 2.45) is 10.7 Å².